The molecule has 0 spiro atoms. The van der Waals surface area contributed by atoms with Crippen LogP contribution in [0.1, 0.15) is 17.8 Å². The molecule has 5 rings (SSSR count). The zero-order valence-corrected chi connectivity index (χ0v) is 16.7. The molecule has 2 aliphatic rings. The van der Waals surface area contributed by atoms with Gasteiger partial charge in [0.1, 0.15) is 0 Å². The number of para-hydroxylation sites is 2. The maximum atomic E-state index is 5.59. The average Bonchev–Trinajstić information content (AvgIpc) is 3.20. The number of hydrogen-bond acceptors (Lipinski definition) is 7. The van der Waals surface area contributed by atoms with Crippen LogP contribution < -0.4 is 10.2 Å². The van der Waals surface area contributed by atoms with Crippen molar-refractivity contribution < 1.29 is 4.52 Å². The van der Waals surface area contributed by atoms with E-state index >= 15 is 0 Å². The maximum Gasteiger partial charge on any atom is 0.228 e. The Kier molecular flexibility index (Phi) is 4.80. The highest BCUT2D eigenvalue weighted by Crippen LogP contribution is 2.47. The number of aromatic nitrogens is 2. The lowest BCUT2D eigenvalue weighted by atomic mass is 10.2. The Morgan fingerprint density at radius 3 is 2.54 bits per heavy atom. The Morgan fingerprint density at radius 2 is 1.82 bits per heavy atom. The molecule has 1 saturated heterocycles. The first-order valence-corrected chi connectivity index (χ1v) is 10.5. The molecule has 2 aromatic carbocycles. The van der Waals surface area contributed by atoms with Gasteiger partial charge in [-0.15, -0.1) is 0 Å². The van der Waals surface area contributed by atoms with Gasteiger partial charge in [0.15, 0.2) is 5.82 Å². The van der Waals surface area contributed by atoms with Crippen molar-refractivity contribution in [3.8, 4) is 0 Å². The minimum Gasteiger partial charge on any atom is -0.339 e. The van der Waals surface area contributed by atoms with Gasteiger partial charge in [0.05, 0.1) is 17.4 Å². The van der Waals surface area contributed by atoms with Crippen molar-refractivity contribution in [3.05, 3.63) is 60.2 Å². The number of nitrogens with one attached hydrogen (secondary N) is 1. The first kappa shape index (κ1) is 17.7. The van der Waals surface area contributed by atoms with Crippen molar-refractivity contribution in [2.45, 2.75) is 22.3 Å². The number of fused-ring (bicyclic) bond motifs is 2. The topological polar surface area (TPSA) is 57.4 Å². The highest BCUT2D eigenvalue weighted by atomic mass is 32.2. The predicted molar refractivity (Wildman–Crippen MR) is 110 cm³/mol. The molecule has 7 heteroatoms. The van der Waals surface area contributed by atoms with Crippen LogP contribution in [-0.4, -0.2) is 48.3 Å². The molecule has 1 atom stereocenters. The van der Waals surface area contributed by atoms with Gasteiger partial charge >= 0.3 is 0 Å². The molecule has 3 heterocycles. The second-order valence-corrected chi connectivity index (χ2v) is 8.27. The quantitative estimate of drug-likeness (QED) is 0.728. The van der Waals surface area contributed by atoms with Crippen molar-refractivity contribution in [3.63, 3.8) is 0 Å². The number of benzene rings is 2. The molecule has 28 heavy (non-hydrogen) atoms. The molecule has 0 radical (unpaired) electrons. The Hall–Kier alpha value is -2.35. The molecule has 1 aromatic heterocycles. The SMILES string of the molecule is CN1CCNCC1c1noc(CCN2c3ccccc3Sc3ccccc32)n1. The van der Waals surface area contributed by atoms with Gasteiger partial charge in [-0.05, 0) is 31.3 Å². The molecule has 1 N–H and O–H groups in total. The molecular formula is C21H23N5OS. The van der Waals surface area contributed by atoms with Gasteiger partial charge in [-0.1, -0.05) is 41.2 Å². The van der Waals surface area contributed by atoms with Crippen LogP contribution in [0.3, 0.4) is 0 Å². The Bertz CT molecular complexity index is 929. The Labute approximate surface area is 168 Å². The third-order valence-corrected chi connectivity index (χ3v) is 6.50. The molecule has 2 aliphatic heterocycles. The molecule has 0 amide bonds. The van der Waals surface area contributed by atoms with E-state index in [9.17, 15) is 0 Å². The normalized spacial score (nSPS) is 19.3. The van der Waals surface area contributed by atoms with Gasteiger partial charge in [-0.25, -0.2) is 0 Å². The molecular weight excluding hydrogens is 370 g/mol. The second-order valence-electron chi connectivity index (χ2n) is 7.19. The maximum absolute atomic E-state index is 5.59. The fourth-order valence-electron chi connectivity index (χ4n) is 3.83. The largest absolute Gasteiger partial charge is 0.339 e. The lowest BCUT2D eigenvalue weighted by Gasteiger charge is -2.32. The van der Waals surface area contributed by atoms with E-state index in [4.69, 9.17) is 4.52 Å². The van der Waals surface area contributed by atoms with Gasteiger partial charge in [0, 0.05) is 42.4 Å². The summed E-state index contributed by atoms with van der Waals surface area (Å²) in [5.74, 6) is 1.47. The van der Waals surface area contributed by atoms with E-state index in [1.54, 1.807) is 0 Å². The van der Waals surface area contributed by atoms with Crippen molar-refractivity contribution >= 4 is 23.1 Å². The summed E-state index contributed by atoms with van der Waals surface area (Å²) in [4.78, 5) is 11.9. The van der Waals surface area contributed by atoms with Gasteiger partial charge in [-0.3, -0.25) is 4.90 Å². The summed E-state index contributed by atoms with van der Waals surface area (Å²) >= 11 is 1.83. The number of nitrogens with zero attached hydrogens (tertiary/aromatic N) is 4. The number of rotatable bonds is 4. The lowest BCUT2D eigenvalue weighted by Crippen LogP contribution is -2.44. The summed E-state index contributed by atoms with van der Waals surface area (Å²) in [6.45, 7) is 3.66. The van der Waals surface area contributed by atoms with Crippen LogP contribution in [0.25, 0.3) is 0 Å². The Balaban J connectivity index is 1.36. The summed E-state index contributed by atoms with van der Waals surface area (Å²) in [7, 11) is 2.11. The monoisotopic (exact) mass is 393 g/mol. The van der Waals surface area contributed by atoms with Crippen LogP contribution in [0.2, 0.25) is 0 Å². The Morgan fingerprint density at radius 1 is 1.11 bits per heavy atom. The number of piperazine rings is 1. The molecule has 0 bridgehead atoms. The fraction of sp³-hybridized carbons (Fsp3) is 0.333. The van der Waals surface area contributed by atoms with Gasteiger partial charge in [0.25, 0.3) is 0 Å². The van der Waals surface area contributed by atoms with E-state index in [-0.39, 0.29) is 6.04 Å². The van der Waals surface area contributed by atoms with Crippen molar-refractivity contribution in [1.82, 2.24) is 20.4 Å². The minimum absolute atomic E-state index is 0.180. The van der Waals surface area contributed by atoms with Crippen LogP contribution in [-0.2, 0) is 6.42 Å². The van der Waals surface area contributed by atoms with E-state index < -0.39 is 0 Å². The van der Waals surface area contributed by atoms with Crippen LogP contribution in [0.5, 0.6) is 0 Å². The lowest BCUT2D eigenvalue weighted by molar-refractivity contribution is 0.190. The van der Waals surface area contributed by atoms with Crippen molar-refractivity contribution in [2.75, 3.05) is 38.1 Å². The smallest absolute Gasteiger partial charge is 0.228 e. The van der Waals surface area contributed by atoms with Crippen LogP contribution in [0, 0.1) is 0 Å². The third kappa shape index (κ3) is 3.30. The van der Waals surface area contributed by atoms with Gasteiger partial charge in [-0.2, -0.15) is 4.98 Å². The first-order chi connectivity index (χ1) is 13.8. The van der Waals surface area contributed by atoms with Crippen molar-refractivity contribution in [2.24, 2.45) is 0 Å². The molecule has 0 saturated carbocycles. The second kappa shape index (κ2) is 7.58. The predicted octanol–water partition coefficient (Wildman–Crippen LogP) is 3.49. The molecule has 0 aliphatic carbocycles. The van der Waals surface area contributed by atoms with Gasteiger partial charge < -0.3 is 14.7 Å². The number of hydrogen-bond donors (Lipinski definition) is 1. The van der Waals surface area contributed by atoms with E-state index in [2.05, 4.69) is 80.8 Å². The minimum atomic E-state index is 0.180. The van der Waals surface area contributed by atoms with Crippen molar-refractivity contribution in [1.29, 1.82) is 0 Å². The number of likely N-dealkylation sites (N-methyl/N-ethyl adjacent to an activating group) is 1. The fourth-order valence-corrected chi connectivity index (χ4v) is 4.92. The summed E-state index contributed by atoms with van der Waals surface area (Å²) in [5.41, 5.74) is 2.48. The standard InChI is InChI=1S/C21H23N5OS/c1-25-13-11-22-14-17(25)21-23-20(27-24-21)10-12-26-15-6-2-4-8-18(15)28-19-9-5-3-7-16(19)26/h2-9,17,22H,10-14H2,1H3. The zero-order valence-electron chi connectivity index (χ0n) is 15.8. The van der Waals surface area contributed by atoms with Crippen LogP contribution >= 0.6 is 11.8 Å². The molecule has 144 valence electrons. The van der Waals surface area contributed by atoms with E-state index in [0.717, 1.165) is 32.0 Å². The third-order valence-electron chi connectivity index (χ3n) is 5.37. The molecule has 3 aromatic rings. The summed E-state index contributed by atoms with van der Waals surface area (Å²) in [6.07, 6.45) is 0.712. The average molecular weight is 394 g/mol. The highest BCUT2D eigenvalue weighted by Gasteiger charge is 2.26. The first-order valence-electron chi connectivity index (χ1n) is 9.66. The van der Waals surface area contributed by atoms with Crippen LogP contribution in [0.15, 0.2) is 62.8 Å². The van der Waals surface area contributed by atoms with E-state index in [0.29, 0.717) is 12.3 Å². The summed E-state index contributed by atoms with van der Waals surface area (Å²) in [5, 5.41) is 7.66. The van der Waals surface area contributed by atoms with E-state index in [1.165, 1.54) is 21.2 Å². The molecule has 1 fully saturated rings. The van der Waals surface area contributed by atoms with Crippen LogP contribution in [0.4, 0.5) is 11.4 Å². The zero-order chi connectivity index (χ0) is 18.9. The molecule has 1 unspecified atom stereocenters. The number of anilines is 2. The highest BCUT2D eigenvalue weighted by molar-refractivity contribution is 7.99. The summed E-state index contributed by atoms with van der Waals surface area (Å²) in [6, 6.07) is 17.3. The molecule has 6 nitrogen and oxygen atoms in total. The van der Waals surface area contributed by atoms with E-state index in [1.807, 2.05) is 11.8 Å². The van der Waals surface area contributed by atoms with Gasteiger partial charge in [0.2, 0.25) is 5.89 Å². The summed E-state index contributed by atoms with van der Waals surface area (Å²) < 4.78 is 5.59.